The number of phenols is 1. The quantitative estimate of drug-likeness (QED) is 0.128. The zero-order valence-electron chi connectivity index (χ0n) is 28.1. The van der Waals surface area contributed by atoms with E-state index in [1.807, 2.05) is 6.07 Å². The van der Waals surface area contributed by atoms with Crippen LogP contribution >= 0.6 is 0 Å². The van der Waals surface area contributed by atoms with Gasteiger partial charge in [-0.25, -0.2) is 9.89 Å². The van der Waals surface area contributed by atoms with Crippen LogP contribution in [0.25, 0.3) is 0 Å². The van der Waals surface area contributed by atoms with Crippen molar-refractivity contribution < 1.29 is 59.0 Å². The Balaban J connectivity index is 1.38. The van der Waals surface area contributed by atoms with E-state index in [1.165, 1.54) is 18.2 Å². The minimum Gasteiger partial charge on any atom is -0.504 e. The van der Waals surface area contributed by atoms with Crippen LogP contribution in [0.1, 0.15) is 61.7 Å². The minimum atomic E-state index is -1.81. The molecule has 3 aromatic carbocycles. The molecule has 8 N–H and O–H groups in total. The Bertz CT molecular complexity index is 2120. The van der Waals surface area contributed by atoms with Gasteiger partial charge in [-0.05, 0) is 30.9 Å². The number of ether oxygens (including phenoxy) is 3. The summed E-state index contributed by atoms with van der Waals surface area (Å²) in [6.45, 7) is -0.380. The van der Waals surface area contributed by atoms with Crippen molar-refractivity contribution in [3.8, 4) is 11.5 Å². The van der Waals surface area contributed by atoms with Gasteiger partial charge in [-0.1, -0.05) is 42.5 Å². The van der Waals surface area contributed by atoms with Crippen LogP contribution in [-0.2, 0) is 14.3 Å². The number of benzene rings is 3. The molecule has 1 unspecified atom stereocenters. The number of fused-ring (bicyclic) bond motifs is 6. The summed E-state index contributed by atoms with van der Waals surface area (Å²) in [5.74, 6) is -4.24. The second kappa shape index (κ2) is 13.7. The Hall–Kier alpha value is -5.20. The van der Waals surface area contributed by atoms with Gasteiger partial charge in [-0.2, -0.15) is 4.99 Å². The monoisotopic (exact) mass is 726 g/mol. The number of nitrogens with zero attached hydrogens (tertiary/aromatic N) is 2. The van der Waals surface area contributed by atoms with E-state index < -0.39 is 65.8 Å². The van der Waals surface area contributed by atoms with Gasteiger partial charge in [0, 0.05) is 40.3 Å². The number of hydrogen-bond acceptors (Lipinski definition) is 13. The minimum absolute atomic E-state index is 0.0209. The van der Waals surface area contributed by atoms with E-state index in [0.717, 1.165) is 0 Å². The fourth-order valence-electron chi connectivity index (χ4n) is 7.88. The average molecular weight is 727 g/mol. The molecule has 0 radical (unpaired) electrons. The molecule has 2 bridgehead atoms. The highest BCUT2D eigenvalue weighted by molar-refractivity contribution is 6.68. The summed E-state index contributed by atoms with van der Waals surface area (Å²) in [5, 5.41) is 65.3. The SMILES string of the molecule is N=C1N=C2C(=NC[NH+]2c2ccccc2[C@H]2c3cc4c(c(O)c3O[C@H]3O[C@@H](COC[C@@H]2CCCO)[C@H](O)[C@@H](O)[C@@H]3O)C(=O)c2ccccc2C4=O)C(=O)N1. The summed E-state index contributed by atoms with van der Waals surface area (Å²) in [6.07, 6.45) is -7.31. The Kier molecular flexibility index (Phi) is 8.98. The number of carbonyl (C=O) groups is 3. The molecule has 0 aromatic heterocycles. The molecule has 4 aliphatic heterocycles. The number of rotatable bonds is 5. The third kappa shape index (κ3) is 5.75. The van der Waals surface area contributed by atoms with Crippen molar-refractivity contribution in [2.24, 2.45) is 15.9 Å². The molecule has 1 amide bonds. The van der Waals surface area contributed by atoms with E-state index in [-0.39, 0.29) is 77.6 Å². The Morgan fingerprint density at radius 1 is 0.906 bits per heavy atom. The van der Waals surface area contributed by atoms with Crippen LogP contribution in [-0.4, -0.2) is 118 Å². The molecule has 8 rings (SSSR count). The van der Waals surface area contributed by atoms with Crippen molar-refractivity contribution in [1.29, 1.82) is 5.41 Å². The van der Waals surface area contributed by atoms with E-state index >= 15 is 0 Å². The molecule has 8 atom stereocenters. The van der Waals surface area contributed by atoms with E-state index in [0.29, 0.717) is 29.0 Å². The first-order chi connectivity index (χ1) is 25.6. The number of ketones is 2. The Morgan fingerprint density at radius 3 is 2.42 bits per heavy atom. The number of amides is 1. The number of aliphatic hydroxyl groups excluding tert-OH is 4. The fraction of sp³-hybridized carbons (Fsp3) is 0.351. The lowest BCUT2D eigenvalue weighted by Gasteiger charge is -2.40. The van der Waals surface area contributed by atoms with Gasteiger partial charge in [0.05, 0.1) is 18.8 Å². The molecule has 1 saturated heterocycles. The van der Waals surface area contributed by atoms with E-state index in [4.69, 9.17) is 19.6 Å². The zero-order chi connectivity index (χ0) is 37.1. The number of para-hydroxylation sites is 1. The number of amidine groups is 1. The molecular weight excluding hydrogens is 690 g/mol. The van der Waals surface area contributed by atoms with Crippen molar-refractivity contribution in [3.05, 3.63) is 88.0 Å². The highest BCUT2D eigenvalue weighted by atomic mass is 16.7. The fourth-order valence-corrected chi connectivity index (χ4v) is 7.88. The number of guanidine groups is 1. The summed E-state index contributed by atoms with van der Waals surface area (Å²) in [6, 6.07) is 14.9. The van der Waals surface area contributed by atoms with Crippen LogP contribution in [0.15, 0.2) is 64.6 Å². The summed E-state index contributed by atoms with van der Waals surface area (Å²) < 4.78 is 18.4. The maximum absolute atomic E-state index is 14.1. The number of hydrogen-bond donors (Lipinski definition) is 8. The highest BCUT2D eigenvalue weighted by Gasteiger charge is 2.48. The number of quaternary nitrogens is 1. The molecule has 5 aliphatic rings. The molecule has 274 valence electrons. The number of phenolic OH excluding ortho intramolecular Hbond substituents is 1. The lowest BCUT2D eigenvalue weighted by Crippen LogP contribution is -3.09. The second-order valence-corrected chi connectivity index (χ2v) is 13.5. The molecule has 1 aliphatic carbocycles. The molecule has 16 nitrogen and oxygen atoms in total. The van der Waals surface area contributed by atoms with E-state index in [9.17, 15) is 39.9 Å². The normalized spacial score (nSPS) is 29.4. The van der Waals surface area contributed by atoms with Gasteiger partial charge in [-0.3, -0.25) is 25.1 Å². The molecule has 4 heterocycles. The molecule has 53 heavy (non-hydrogen) atoms. The first kappa shape index (κ1) is 34.9. The van der Waals surface area contributed by atoms with Gasteiger partial charge in [0.25, 0.3) is 11.7 Å². The average Bonchev–Trinajstić information content (AvgIpc) is 3.57. The van der Waals surface area contributed by atoms with Gasteiger partial charge < -0.3 is 39.7 Å². The molecule has 3 aromatic rings. The first-order valence-electron chi connectivity index (χ1n) is 17.2. The van der Waals surface area contributed by atoms with Crippen LogP contribution in [0.3, 0.4) is 0 Å². The third-order valence-corrected chi connectivity index (χ3v) is 10.4. The maximum Gasteiger partial charge on any atom is 0.284 e. The van der Waals surface area contributed by atoms with Crippen LogP contribution in [0.4, 0.5) is 5.69 Å². The van der Waals surface area contributed by atoms with E-state index in [1.54, 1.807) is 30.3 Å². The maximum atomic E-state index is 14.1. The molecular formula is C37H36N5O11+. The van der Waals surface area contributed by atoms with Crippen LogP contribution in [0.5, 0.6) is 11.5 Å². The number of aliphatic hydroxyl groups is 4. The summed E-state index contributed by atoms with van der Waals surface area (Å²) in [4.78, 5) is 50.1. The molecule has 0 saturated carbocycles. The largest absolute Gasteiger partial charge is 0.504 e. The lowest BCUT2D eigenvalue weighted by atomic mass is 9.74. The Labute approximate surface area is 301 Å². The van der Waals surface area contributed by atoms with Crippen LogP contribution < -0.4 is 15.0 Å². The van der Waals surface area contributed by atoms with Crippen molar-refractivity contribution in [3.63, 3.8) is 0 Å². The van der Waals surface area contributed by atoms with Crippen molar-refractivity contribution in [1.82, 2.24) is 5.32 Å². The zero-order valence-corrected chi connectivity index (χ0v) is 28.1. The molecule has 1 fully saturated rings. The molecule has 0 spiro atoms. The van der Waals surface area contributed by atoms with Gasteiger partial charge >= 0.3 is 0 Å². The third-order valence-electron chi connectivity index (χ3n) is 10.4. The predicted octanol–water partition coefficient (Wildman–Crippen LogP) is -0.704. The predicted molar refractivity (Wildman–Crippen MR) is 184 cm³/mol. The van der Waals surface area contributed by atoms with Crippen molar-refractivity contribution in [2.45, 2.75) is 49.5 Å². The van der Waals surface area contributed by atoms with Crippen LogP contribution in [0.2, 0.25) is 0 Å². The second-order valence-electron chi connectivity index (χ2n) is 13.5. The topological polar surface area (TPSA) is 245 Å². The number of carbonyl (C=O) groups excluding carboxylic acids is 3. The summed E-state index contributed by atoms with van der Waals surface area (Å²) >= 11 is 0. The summed E-state index contributed by atoms with van der Waals surface area (Å²) in [5.41, 5.74) is 1.26. The lowest BCUT2D eigenvalue weighted by molar-refractivity contribution is -0.723. The van der Waals surface area contributed by atoms with Gasteiger partial charge in [0.1, 0.15) is 30.1 Å². The van der Waals surface area contributed by atoms with Crippen molar-refractivity contribution >= 4 is 40.7 Å². The number of aromatic hydroxyl groups is 1. The number of aliphatic imine (C=N–C) groups is 2. The van der Waals surface area contributed by atoms with Crippen molar-refractivity contribution in [2.75, 3.05) is 26.5 Å². The van der Waals surface area contributed by atoms with E-state index in [2.05, 4.69) is 15.3 Å². The number of nitrogens with one attached hydrogen (secondary N) is 3. The van der Waals surface area contributed by atoms with Crippen LogP contribution in [0, 0.1) is 11.3 Å². The van der Waals surface area contributed by atoms with Gasteiger partial charge in [0.15, 0.2) is 29.7 Å². The first-order valence-corrected chi connectivity index (χ1v) is 17.2. The summed E-state index contributed by atoms with van der Waals surface area (Å²) in [7, 11) is 0. The smallest absolute Gasteiger partial charge is 0.284 e. The standard InChI is InChI=1S/C37H35N5O11/c38-37-40-34-26(35(50)41-37)39-15-42(34)22-10-4-3-9-19(22)24-16(6-5-11-43)13-51-14-23-29(46)31(48)32(49)36(52-23)53-33-21(24)12-20-25(30(33)47)28(45)18-8-2-1-7-17(18)27(20)44/h1-4,7-10,12,16,23-24,29,31-32,36,43,46-49H,5-6,11,13-15H2,(H2,38,41,50)/p+1/t16-,23-,24-,29-,31+,32-,36+/m0/s1. The van der Waals surface area contributed by atoms with Gasteiger partial charge in [0.2, 0.25) is 18.0 Å². The Morgan fingerprint density at radius 2 is 1.64 bits per heavy atom. The highest BCUT2D eigenvalue weighted by Crippen LogP contribution is 2.50. The van der Waals surface area contributed by atoms with Gasteiger partial charge in [-0.15, -0.1) is 0 Å². The molecule has 16 heteroatoms.